The van der Waals surface area contributed by atoms with E-state index in [0.29, 0.717) is 0 Å². The van der Waals surface area contributed by atoms with E-state index < -0.39 is 41.5 Å². The van der Waals surface area contributed by atoms with Crippen molar-refractivity contribution >= 4 is 23.9 Å². The molecule has 37 heavy (non-hydrogen) atoms. The van der Waals surface area contributed by atoms with Crippen LogP contribution in [0.2, 0.25) is 0 Å². The second kappa shape index (κ2) is 16.2. The predicted octanol–water partition coefficient (Wildman–Crippen LogP) is 2.37. The zero-order valence-electron chi connectivity index (χ0n) is 21.8. The molecule has 0 saturated carbocycles. The maximum atomic E-state index is 12.8. The summed E-state index contributed by atoms with van der Waals surface area (Å²) < 4.78 is 10.5. The molecule has 0 radical (unpaired) electrons. The predicted molar refractivity (Wildman–Crippen MR) is 139 cm³/mol. The summed E-state index contributed by atoms with van der Waals surface area (Å²) in [6.07, 6.45) is 2.53. The minimum absolute atomic E-state index is 0.0460. The van der Waals surface area contributed by atoms with Crippen molar-refractivity contribution in [1.82, 2.24) is 16.0 Å². The molecule has 0 aliphatic heterocycles. The van der Waals surface area contributed by atoms with Crippen molar-refractivity contribution in [1.29, 1.82) is 0 Å². The van der Waals surface area contributed by atoms with Crippen LogP contribution in [0.3, 0.4) is 0 Å². The van der Waals surface area contributed by atoms with Crippen LogP contribution in [0.1, 0.15) is 45.6 Å². The Hall–Kier alpha value is -3.66. The van der Waals surface area contributed by atoms with Gasteiger partial charge in [0, 0.05) is 12.5 Å². The summed E-state index contributed by atoms with van der Waals surface area (Å²) in [6, 6.07) is 7.66. The number of hydrogen-bond donors (Lipinski definition) is 4. The third-order valence-corrected chi connectivity index (χ3v) is 5.16. The van der Waals surface area contributed by atoms with Gasteiger partial charge < -0.3 is 30.5 Å². The number of hydrogen-bond acceptors (Lipinski definition) is 7. The lowest BCUT2D eigenvalue weighted by atomic mass is 9.97. The molecular weight excluding hydrogens is 478 g/mol. The molecule has 1 aromatic carbocycles. The monoisotopic (exact) mass is 517 g/mol. The largest absolute Gasteiger partial charge is 0.462 e. The van der Waals surface area contributed by atoms with E-state index in [1.807, 2.05) is 18.2 Å². The highest BCUT2D eigenvalue weighted by Gasteiger charge is 2.30. The third-order valence-electron chi connectivity index (χ3n) is 5.16. The van der Waals surface area contributed by atoms with Crippen LogP contribution in [0.4, 0.5) is 4.79 Å². The molecule has 4 N–H and O–H groups in total. The van der Waals surface area contributed by atoms with E-state index in [4.69, 9.17) is 14.6 Å². The van der Waals surface area contributed by atoms with Crippen LogP contribution < -0.4 is 16.0 Å². The topological polar surface area (TPSA) is 143 Å². The summed E-state index contributed by atoms with van der Waals surface area (Å²) >= 11 is 0. The number of ether oxygens (including phenoxy) is 2. The van der Waals surface area contributed by atoms with Gasteiger partial charge in [-0.2, -0.15) is 0 Å². The van der Waals surface area contributed by atoms with E-state index in [2.05, 4.69) is 29.1 Å². The molecule has 10 heteroatoms. The average molecular weight is 518 g/mol. The fourth-order valence-electron chi connectivity index (χ4n) is 3.20. The summed E-state index contributed by atoms with van der Waals surface area (Å²) in [6.45, 7) is 11.9. The van der Waals surface area contributed by atoms with Gasteiger partial charge >= 0.3 is 12.1 Å². The second-order valence-electron chi connectivity index (χ2n) is 9.34. The van der Waals surface area contributed by atoms with Crippen molar-refractivity contribution in [2.75, 3.05) is 13.2 Å². The minimum atomic E-state index is -1.02. The molecule has 0 aliphatic rings. The van der Waals surface area contributed by atoms with E-state index in [-0.39, 0.29) is 45.0 Å². The van der Waals surface area contributed by atoms with Gasteiger partial charge in [-0.05, 0) is 39.2 Å². The van der Waals surface area contributed by atoms with E-state index in [1.54, 1.807) is 39.0 Å². The molecule has 0 aliphatic carbocycles. The number of amides is 3. The zero-order valence-corrected chi connectivity index (χ0v) is 21.8. The van der Waals surface area contributed by atoms with E-state index in [0.717, 1.165) is 5.56 Å². The van der Waals surface area contributed by atoms with E-state index in [1.165, 1.54) is 6.08 Å². The number of aliphatic hydroxyl groups excluding tert-OH is 1. The number of benzene rings is 1. The zero-order chi connectivity index (χ0) is 27.8. The number of carbonyl (C=O) groups is 4. The van der Waals surface area contributed by atoms with Gasteiger partial charge in [-0.15, -0.1) is 13.2 Å². The Bertz CT molecular complexity index is 918. The molecule has 3 amide bonds. The van der Waals surface area contributed by atoms with Crippen molar-refractivity contribution < 1.29 is 33.8 Å². The van der Waals surface area contributed by atoms with Gasteiger partial charge in [-0.1, -0.05) is 42.5 Å². The molecule has 1 aromatic rings. The summed E-state index contributed by atoms with van der Waals surface area (Å²) in [5.41, 5.74) is -0.166. The SMILES string of the molecule is C=CC[C@@H](CC(=O)N[C@@H](C)CO)C(=O)NC(C)(C)COC(=O)[C@@H](CC=C)NC(=O)OCc1ccccc1. The highest BCUT2D eigenvalue weighted by molar-refractivity contribution is 5.86. The van der Waals surface area contributed by atoms with Crippen molar-refractivity contribution in [3.63, 3.8) is 0 Å². The molecule has 0 aromatic heterocycles. The van der Waals surface area contributed by atoms with Gasteiger partial charge in [0.05, 0.1) is 18.1 Å². The average Bonchev–Trinajstić information content (AvgIpc) is 2.85. The van der Waals surface area contributed by atoms with Gasteiger partial charge in [0.1, 0.15) is 19.3 Å². The molecule has 0 unspecified atom stereocenters. The first kappa shape index (κ1) is 31.4. The second-order valence-corrected chi connectivity index (χ2v) is 9.34. The highest BCUT2D eigenvalue weighted by atomic mass is 16.6. The lowest BCUT2D eigenvalue weighted by Gasteiger charge is -2.29. The van der Waals surface area contributed by atoms with Gasteiger partial charge in [0.15, 0.2) is 0 Å². The Morgan fingerprint density at radius 1 is 1.03 bits per heavy atom. The van der Waals surface area contributed by atoms with Crippen molar-refractivity contribution in [3.05, 3.63) is 61.2 Å². The maximum Gasteiger partial charge on any atom is 0.408 e. The Kier molecular flexibility index (Phi) is 13.7. The van der Waals surface area contributed by atoms with Crippen LogP contribution in [-0.2, 0) is 30.5 Å². The Balaban J connectivity index is 2.64. The lowest BCUT2D eigenvalue weighted by Crippen LogP contribution is -2.51. The van der Waals surface area contributed by atoms with Gasteiger partial charge in [0.2, 0.25) is 11.8 Å². The summed E-state index contributed by atoms with van der Waals surface area (Å²) in [7, 11) is 0. The third kappa shape index (κ3) is 12.7. The molecule has 204 valence electrons. The van der Waals surface area contributed by atoms with Crippen LogP contribution in [0, 0.1) is 5.92 Å². The van der Waals surface area contributed by atoms with Gasteiger partial charge in [-0.3, -0.25) is 9.59 Å². The molecule has 0 spiro atoms. The molecule has 10 nitrogen and oxygen atoms in total. The number of rotatable bonds is 16. The Morgan fingerprint density at radius 3 is 2.27 bits per heavy atom. The standard InChI is InChI=1S/C27H39N3O7/c1-6-11-21(15-23(32)28-19(3)16-31)24(33)30-27(4,5)18-37-25(34)22(12-7-2)29-26(35)36-17-20-13-9-8-10-14-20/h6-10,13-14,19,21-22,31H,1-2,11-12,15-18H2,3-5H3,(H,28,32)(H,29,35)(H,30,33)/t19-,21-,22+/m0/s1. The Morgan fingerprint density at radius 2 is 1.68 bits per heavy atom. The first-order valence-electron chi connectivity index (χ1n) is 12.1. The number of alkyl carbamates (subject to hydrolysis) is 1. The summed E-state index contributed by atoms with van der Waals surface area (Å²) in [5.74, 6) is -2.17. The molecule has 0 heterocycles. The molecule has 0 saturated heterocycles. The molecule has 0 fully saturated rings. The minimum Gasteiger partial charge on any atom is -0.462 e. The fourth-order valence-corrected chi connectivity index (χ4v) is 3.20. The van der Waals surface area contributed by atoms with Crippen molar-refractivity contribution in [2.24, 2.45) is 5.92 Å². The normalized spacial score (nSPS) is 13.3. The highest BCUT2D eigenvalue weighted by Crippen LogP contribution is 2.14. The van der Waals surface area contributed by atoms with Crippen LogP contribution in [0.5, 0.6) is 0 Å². The van der Waals surface area contributed by atoms with Crippen molar-refractivity contribution in [3.8, 4) is 0 Å². The first-order chi connectivity index (χ1) is 17.5. The number of nitrogens with one attached hydrogen (secondary N) is 3. The van der Waals surface area contributed by atoms with Crippen LogP contribution in [0.15, 0.2) is 55.6 Å². The number of esters is 1. The summed E-state index contributed by atoms with van der Waals surface area (Å²) in [4.78, 5) is 49.8. The number of aliphatic hydroxyl groups is 1. The molecule has 1 rings (SSSR count). The first-order valence-corrected chi connectivity index (χ1v) is 12.1. The molecular formula is C27H39N3O7. The molecule has 0 bridgehead atoms. The summed E-state index contributed by atoms with van der Waals surface area (Å²) in [5, 5.41) is 17.0. The molecule has 3 atom stereocenters. The van der Waals surface area contributed by atoms with Gasteiger partial charge in [-0.25, -0.2) is 9.59 Å². The lowest BCUT2D eigenvalue weighted by molar-refractivity contribution is -0.149. The number of allylic oxidation sites excluding steroid dienone is 1. The fraction of sp³-hybridized carbons (Fsp3) is 0.481. The van der Waals surface area contributed by atoms with Gasteiger partial charge in [0.25, 0.3) is 0 Å². The quantitative estimate of drug-likeness (QED) is 0.195. The van der Waals surface area contributed by atoms with E-state index in [9.17, 15) is 19.2 Å². The smallest absolute Gasteiger partial charge is 0.408 e. The van der Waals surface area contributed by atoms with Crippen LogP contribution in [-0.4, -0.2) is 59.8 Å². The van der Waals surface area contributed by atoms with E-state index >= 15 is 0 Å². The maximum absolute atomic E-state index is 12.8. The van der Waals surface area contributed by atoms with Crippen molar-refractivity contribution in [2.45, 2.75) is 64.3 Å². The van der Waals surface area contributed by atoms with Crippen LogP contribution in [0.25, 0.3) is 0 Å². The Labute approximate surface area is 218 Å². The van der Waals surface area contributed by atoms with Crippen LogP contribution >= 0.6 is 0 Å². The number of carbonyl (C=O) groups excluding carboxylic acids is 4.